The molecule has 0 unspecified atom stereocenters. The Labute approximate surface area is 206 Å². The van der Waals surface area contributed by atoms with Crippen LogP contribution >= 0.6 is 23.4 Å². The summed E-state index contributed by atoms with van der Waals surface area (Å²) in [7, 11) is 0. The number of hydrogen-bond donors (Lipinski definition) is 1. The monoisotopic (exact) mass is 494 g/mol. The van der Waals surface area contributed by atoms with Crippen molar-refractivity contribution in [3.05, 3.63) is 81.4 Å². The Balaban J connectivity index is 1.65. The highest BCUT2D eigenvalue weighted by Gasteiger charge is 2.36. The lowest BCUT2D eigenvalue weighted by Crippen LogP contribution is -2.36. The van der Waals surface area contributed by atoms with Gasteiger partial charge in [0.15, 0.2) is 5.17 Å². The lowest BCUT2D eigenvalue weighted by atomic mass is 10.1. The number of carbonyl (C=O) groups is 2. The molecule has 0 saturated carbocycles. The number of carboxylic acid groups (broad SMARTS) is 1. The number of nitrogens with zero attached hydrogens (tertiary/aromatic N) is 2. The smallest absolute Gasteiger partial charge is 0.337 e. The summed E-state index contributed by atoms with van der Waals surface area (Å²) in [5.74, 6) is -0.269. The van der Waals surface area contributed by atoms with Crippen LogP contribution in [-0.2, 0) is 4.79 Å². The first kappa shape index (κ1) is 23.9. The van der Waals surface area contributed by atoms with Gasteiger partial charge in [0.2, 0.25) is 0 Å². The summed E-state index contributed by atoms with van der Waals surface area (Å²) in [6.07, 6.45) is 2.48. The summed E-state index contributed by atoms with van der Waals surface area (Å²) >= 11 is 7.28. The van der Waals surface area contributed by atoms with Crippen molar-refractivity contribution in [1.29, 1.82) is 0 Å². The molecule has 1 N–H and O–H groups in total. The summed E-state index contributed by atoms with van der Waals surface area (Å²) < 4.78 is 5.91. The minimum Gasteiger partial charge on any atom is -0.478 e. The molecule has 34 heavy (non-hydrogen) atoms. The lowest BCUT2D eigenvalue weighted by Gasteiger charge is -2.22. The van der Waals surface area contributed by atoms with Gasteiger partial charge in [-0.1, -0.05) is 36.2 Å². The van der Waals surface area contributed by atoms with Crippen LogP contribution in [0.1, 0.15) is 41.9 Å². The molecule has 8 heteroatoms. The molecule has 1 saturated heterocycles. The van der Waals surface area contributed by atoms with Gasteiger partial charge in [-0.25, -0.2) is 9.79 Å². The molecule has 2 aromatic carbocycles. The second kappa shape index (κ2) is 9.91. The predicted octanol–water partition coefficient (Wildman–Crippen LogP) is 7.01. The number of aromatic carboxylic acids is 1. The van der Waals surface area contributed by atoms with Gasteiger partial charge in [0.1, 0.15) is 11.5 Å². The number of amides is 1. The number of hydrogen-bond acceptors (Lipinski definition) is 5. The summed E-state index contributed by atoms with van der Waals surface area (Å²) in [4.78, 5) is 31.6. The molecule has 6 nitrogen and oxygen atoms in total. The quantitative estimate of drug-likeness (QED) is 0.372. The SMILES string of the molecule is CC[C@@H](C)N1C(=O)/C(=C\c2ccc(-c3ccc(Cl)c(C(=O)O)c3)o2)SC1=Nc1ccc(C)cc1. The minimum absolute atomic E-state index is 0.00171. The summed E-state index contributed by atoms with van der Waals surface area (Å²) in [6, 6.07) is 16.0. The van der Waals surface area contributed by atoms with Gasteiger partial charge in [0.25, 0.3) is 5.91 Å². The molecule has 1 amide bonds. The van der Waals surface area contributed by atoms with Gasteiger partial charge in [-0.2, -0.15) is 0 Å². The van der Waals surface area contributed by atoms with E-state index < -0.39 is 5.97 Å². The van der Waals surface area contributed by atoms with Crippen molar-refractivity contribution in [3.63, 3.8) is 0 Å². The minimum atomic E-state index is -1.11. The molecule has 0 radical (unpaired) electrons. The molecule has 3 aromatic rings. The highest BCUT2D eigenvalue weighted by atomic mass is 35.5. The zero-order chi connectivity index (χ0) is 24.4. The third kappa shape index (κ3) is 4.95. The molecule has 0 bridgehead atoms. The maximum Gasteiger partial charge on any atom is 0.337 e. The van der Waals surface area contributed by atoms with E-state index in [4.69, 9.17) is 21.0 Å². The van der Waals surface area contributed by atoms with E-state index >= 15 is 0 Å². The van der Waals surface area contributed by atoms with Crippen LogP contribution in [0.15, 0.2) is 68.9 Å². The molecule has 4 rings (SSSR count). The van der Waals surface area contributed by atoms with E-state index in [1.807, 2.05) is 45.0 Å². The number of amidine groups is 1. The summed E-state index contributed by atoms with van der Waals surface area (Å²) in [5, 5.41) is 10.1. The zero-order valence-corrected chi connectivity index (χ0v) is 20.5. The van der Waals surface area contributed by atoms with E-state index in [1.54, 1.807) is 29.2 Å². The van der Waals surface area contributed by atoms with Crippen molar-refractivity contribution in [2.45, 2.75) is 33.2 Å². The van der Waals surface area contributed by atoms with Gasteiger partial charge in [0.05, 0.1) is 21.2 Å². The van der Waals surface area contributed by atoms with Gasteiger partial charge in [-0.15, -0.1) is 0 Å². The number of carbonyl (C=O) groups excluding carboxylic acids is 1. The average Bonchev–Trinajstić information content (AvgIpc) is 3.40. The number of rotatable bonds is 6. The first-order valence-electron chi connectivity index (χ1n) is 10.8. The van der Waals surface area contributed by atoms with Crippen LogP contribution in [0.2, 0.25) is 5.02 Å². The fourth-order valence-electron chi connectivity index (χ4n) is 3.42. The average molecular weight is 495 g/mol. The summed E-state index contributed by atoms with van der Waals surface area (Å²) in [5.41, 5.74) is 2.51. The molecule has 174 valence electrons. The van der Waals surface area contributed by atoms with Crippen molar-refractivity contribution in [3.8, 4) is 11.3 Å². The molecule has 2 heterocycles. The van der Waals surface area contributed by atoms with Crippen molar-refractivity contribution in [2.75, 3.05) is 0 Å². The molecule has 1 aromatic heterocycles. The molecule has 0 aliphatic carbocycles. The highest BCUT2D eigenvalue weighted by Crippen LogP contribution is 2.37. The van der Waals surface area contributed by atoms with Crippen molar-refractivity contribution < 1.29 is 19.1 Å². The number of halogens is 1. The molecule has 1 aliphatic heterocycles. The number of furan rings is 1. The second-order valence-electron chi connectivity index (χ2n) is 7.97. The first-order chi connectivity index (χ1) is 16.3. The van der Waals surface area contributed by atoms with Crippen LogP contribution in [0.4, 0.5) is 5.69 Å². The topological polar surface area (TPSA) is 83.1 Å². The van der Waals surface area contributed by atoms with E-state index in [1.165, 1.54) is 23.9 Å². The first-order valence-corrected chi connectivity index (χ1v) is 12.0. The van der Waals surface area contributed by atoms with Crippen LogP contribution in [0, 0.1) is 6.92 Å². The zero-order valence-electron chi connectivity index (χ0n) is 18.9. The van der Waals surface area contributed by atoms with Gasteiger partial charge < -0.3 is 9.52 Å². The largest absolute Gasteiger partial charge is 0.478 e. The Morgan fingerprint density at radius 3 is 2.62 bits per heavy atom. The number of carboxylic acids is 1. The predicted molar refractivity (Wildman–Crippen MR) is 137 cm³/mol. The van der Waals surface area contributed by atoms with Crippen molar-refractivity contribution in [1.82, 2.24) is 4.90 Å². The molecular weight excluding hydrogens is 472 g/mol. The van der Waals surface area contributed by atoms with E-state index in [0.29, 0.717) is 27.2 Å². The molecule has 1 fully saturated rings. The molecule has 1 aliphatic rings. The lowest BCUT2D eigenvalue weighted by molar-refractivity contribution is -0.123. The number of benzene rings is 2. The Kier molecular flexibility index (Phi) is 6.95. The Hall–Kier alpha value is -3.29. The standard InChI is InChI=1S/C26H23ClN2O4S/c1-4-16(3)29-24(30)23(34-26(29)28-18-8-5-15(2)6-9-18)14-19-10-12-22(33-19)17-7-11-21(27)20(13-17)25(31)32/h5-14,16H,4H2,1-3H3,(H,31,32)/b23-14+,28-26?/t16-/m1/s1. The molecule has 0 spiro atoms. The van der Waals surface area contributed by atoms with E-state index in [2.05, 4.69) is 0 Å². The Morgan fingerprint density at radius 2 is 1.94 bits per heavy atom. The Morgan fingerprint density at radius 1 is 1.21 bits per heavy atom. The van der Waals surface area contributed by atoms with Crippen LogP contribution in [0.3, 0.4) is 0 Å². The number of aryl methyl sites for hydroxylation is 1. The van der Waals surface area contributed by atoms with Crippen LogP contribution < -0.4 is 0 Å². The van der Waals surface area contributed by atoms with E-state index in [-0.39, 0.29) is 22.5 Å². The maximum absolute atomic E-state index is 13.2. The van der Waals surface area contributed by atoms with E-state index in [0.717, 1.165) is 17.7 Å². The van der Waals surface area contributed by atoms with Crippen LogP contribution in [-0.4, -0.2) is 33.1 Å². The fourth-order valence-corrected chi connectivity index (χ4v) is 4.69. The Bertz CT molecular complexity index is 1310. The molecule has 1 atom stereocenters. The van der Waals surface area contributed by atoms with Gasteiger partial charge in [-0.05, 0) is 74.5 Å². The van der Waals surface area contributed by atoms with E-state index in [9.17, 15) is 14.7 Å². The van der Waals surface area contributed by atoms with Crippen molar-refractivity contribution >= 4 is 52.2 Å². The van der Waals surface area contributed by atoms with Gasteiger partial charge in [-0.3, -0.25) is 9.69 Å². The molecular formula is C26H23ClN2O4S. The third-order valence-corrected chi connectivity index (χ3v) is 6.82. The van der Waals surface area contributed by atoms with Crippen LogP contribution in [0.25, 0.3) is 17.4 Å². The third-order valence-electron chi connectivity index (χ3n) is 5.51. The summed E-state index contributed by atoms with van der Waals surface area (Å²) in [6.45, 7) is 6.04. The second-order valence-corrected chi connectivity index (χ2v) is 9.39. The van der Waals surface area contributed by atoms with Gasteiger partial charge >= 0.3 is 5.97 Å². The van der Waals surface area contributed by atoms with Gasteiger partial charge in [0, 0.05) is 17.7 Å². The maximum atomic E-state index is 13.2. The number of aliphatic imine (C=N–C) groups is 1. The number of thioether (sulfide) groups is 1. The van der Waals surface area contributed by atoms with Crippen LogP contribution in [0.5, 0.6) is 0 Å². The van der Waals surface area contributed by atoms with Crippen molar-refractivity contribution in [2.24, 2.45) is 4.99 Å². The fraction of sp³-hybridized carbons (Fsp3) is 0.192. The highest BCUT2D eigenvalue weighted by molar-refractivity contribution is 8.18. The normalized spacial score (nSPS) is 17.1.